The van der Waals surface area contributed by atoms with Gasteiger partial charge in [-0.3, -0.25) is 4.90 Å². The fourth-order valence-electron chi connectivity index (χ4n) is 3.96. The first-order valence-corrected chi connectivity index (χ1v) is 10.6. The number of hydrogen-bond acceptors (Lipinski definition) is 5. The normalized spacial score (nSPS) is 19.1. The molecule has 0 bridgehead atoms. The standard InChI is InChI=1S/C20H21Cl2NO3S/c1-25-19(24)17-10-13-4-9-26-20(18(13)27-17)5-7-23(8-6-20)12-14-2-3-15(21)11-16(14)22/h2-3,10-11H,4-9,12H2,1H3. The molecule has 0 saturated carbocycles. The van der Waals surface area contributed by atoms with Crippen LogP contribution in [0.3, 0.4) is 0 Å². The molecule has 27 heavy (non-hydrogen) atoms. The number of thiophene rings is 1. The molecule has 1 spiro atoms. The number of esters is 1. The van der Waals surface area contributed by atoms with Gasteiger partial charge in [0.1, 0.15) is 10.5 Å². The van der Waals surface area contributed by atoms with E-state index in [0.717, 1.165) is 44.5 Å². The van der Waals surface area contributed by atoms with Crippen molar-refractivity contribution in [3.05, 3.63) is 55.2 Å². The number of ether oxygens (including phenoxy) is 2. The van der Waals surface area contributed by atoms with E-state index >= 15 is 0 Å². The van der Waals surface area contributed by atoms with Gasteiger partial charge in [-0.1, -0.05) is 29.3 Å². The SMILES string of the molecule is COC(=O)c1cc2c(s1)C1(CCN(Cc3ccc(Cl)cc3Cl)CC1)OCC2. The van der Waals surface area contributed by atoms with Crippen LogP contribution in [0.2, 0.25) is 10.0 Å². The largest absolute Gasteiger partial charge is 0.465 e. The Morgan fingerprint density at radius 3 is 2.78 bits per heavy atom. The molecule has 1 aromatic heterocycles. The molecule has 0 radical (unpaired) electrons. The number of carbonyl (C=O) groups is 1. The molecule has 1 saturated heterocycles. The van der Waals surface area contributed by atoms with Gasteiger partial charge in [-0.2, -0.15) is 0 Å². The zero-order chi connectivity index (χ0) is 19.0. The summed E-state index contributed by atoms with van der Waals surface area (Å²) in [5.74, 6) is -0.264. The molecule has 0 unspecified atom stereocenters. The van der Waals surface area contributed by atoms with Gasteiger partial charge in [-0.15, -0.1) is 11.3 Å². The molecule has 2 aliphatic heterocycles. The highest BCUT2D eigenvalue weighted by molar-refractivity contribution is 7.14. The van der Waals surface area contributed by atoms with Crippen molar-refractivity contribution in [3.63, 3.8) is 0 Å². The van der Waals surface area contributed by atoms with Crippen molar-refractivity contribution in [2.24, 2.45) is 0 Å². The highest BCUT2D eigenvalue weighted by Gasteiger charge is 2.42. The van der Waals surface area contributed by atoms with Gasteiger partial charge < -0.3 is 9.47 Å². The summed E-state index contributed by atoms with van der Waals surface area (Å²) in [6.07, 6.45) is 2.67. The van der Waals surface area contributed by atoms with Gasteiger partial charge in [-0.05, 0) is 48.6 Å². The summed E-state index contributed by atoms with van der Waals surface area (Å²) < 4.78 is 11.2. The average Bonchev–Trinajstić information content (AvgIpc) is 3.11. The predicted octanol–water partition coefficient (Wildman–Crippen LogP) is 4.91. The van der Waals surface area contributed by atoms with Crippen LogP contribution in [0.25, 0.3) is 0 Å². The first-order valence-electron chi connectivity index (χ1n) is 9.02. The number of methoxy groups -OCH3 is 1. The quantitative estimate of drug-likeness (QED) is 0.655. The summed E-state index contributed by atoms with van der Waals surface area (Å²) in [5, 5.41) is 1.36. The van der Waals surface area contributed by atoms with Gasteiger partial charge in [-0.25, -0.2) is 4.79 Å². The summed E-state index contributed by atoms with van der Waals surface area (Å²) in [6, 6.07) is 7.65. The van der Waals surface area contributed by atoms with Crippen LogP contribution >= 0.6 is 34.5 Å². The van der Waals surface area contributed by atoms with E-state index in [1.54, 1.807) is 6.07 Å². The maximum atomic E-state index is 11.9. The molecular weight excluding hydrogens is 405 g/mol. The van der Waals surface area contributed by atoms with E-state index in [-0.39, 0.29) is 11.6 Å². The molecule has 7 heteroatoms. The summed E-state index contributed by atoms with van der Waals surface area (Å²) in [7, 11) is 1.42. The zero-order valence-corrected chi connectivity index (χ0v) is 17.4. The molecule has 1 aromatic carbocycles. The number of nitrogens with zero attached hydrogens (tertiary/aromatic N) is 1. The van der Waals surface area contributed by atoms with Crippen LogP contribution in [-0.4, -0.2) is 37.7 Å². The lowest BCUT2D eigenvalue weighted by atomic mass is 9.85. The lowest BCUT2D eigenvalue weighted by molar-refractivity contribution is -0.0960. The second kappa shape index (κ2) is 7.72. The lowest BCUT2D eigenvalue weighted by Gasteiger charge is -2.43. The Labute approximate surface area is 173 Å². The third-order valence-electron chi connectivity index (χ3n) is 5.43. The van der Waals surface area contributed by atoms with E-state index in [0.29, 0.717) is 21.5 Å². The minimum Gasteiger partial charge on any atom is -0.465 e. The summed E-state index contributed by atoms with van der Waals surface area (Å²) >= 11 is 13.8. The first kappa shape index (κ1) is 19.2. The summed E-state index contributed by atoms with van der Waals surface area (Å²) in [4.78, 5) is 16.2. The molecule has 1 fully saturated rings. The number of fused-ring (bicyclic) bond motifs is 2. The molecule has 0 atom stereocenters. The minimum atomic E-state index is -0.273. The van der Waals surface area contributed by atoms with Crippen LogP contribution in [0.4, 0.5) is 0 Å². The fraction of sp³-hybridized carbons (Fsp3) is 0.450. The average molecular weight is 426 g/mol. The number of carbonyl (C=O) groups excluding carboxylic acids is 1. The number of rotatable bonds is 3. The Bertz CT molecular complexity index is 859. The highest BCUT2D eigenvalue weighted by Crippen LogP contribution is 2.45. The van der Waals surface area contributed by atoms with Gasteiger partial charge in [0.25, 0.3) is 0 Å². The number of halogens is 2. The molecule has 3 heterocycles. The Kier molecular flexibility index (Phi) is 5.50. The van der Waals surface area contributed by atoms with Crippen molar-refractivity contribution in [2.45, 2.75) is 31.4 Å². The van der Waals surface area contributed by atoms with E-state index < -0.39 is 0 Å². The van der Waals surface area contributed by atoms with Gasteiger partial charge in [0.15, 0.2) is 0 Å². The number of hydrogen-bond donors (Lipinski definition) is 0. The van der Waals surface area contributed by atoms with Gasteiger partial charge in [0, 0.05) is 34.6 Å². The Hall–Kier alpha value is -1.11. The van der Waals surface area contributed by atoms with Crippen LogP contribution in [0.5, 0.6) is 0 Å². The molecule has 2 aromatic rings. The lowest BCUT2D eigenvalue weighted by Crippen LogP contribution is -2.45. The van der Waals surface area contributed by atoms with Crippen molar-refractivity contribution < 1.29 is 14.3 Å². The van der Waals surface area contributed by atoms with Crippen LogP contribution in [-0.2, 0) is 28.0 Å². The molecule has 0 amide bonds. The van der Waals surface area contributed by atoms with Crippen LogP contribution < -0.4 is 0 Å². The third kappa shape index (κ3) is 3.76. The number of piperidine rings is 1. The molecule has 2 aliphatic rings. The second-order valence-electron chi connectivity index (χ2n) is 7.06. The van der Waals surface area contributed by atoms with Crippen molar-refractivity contribution >= 4 is 40.5 Å². The maximum Gasteiger partial charge on any atom is 0.348 e. The van der Waals surface area contributed by atoms with E-state index in [1.807, 2.05) is 18.2 Å². The number of likely N-dealkylation sites (tertiary alicyclic amines) is 1. The zero-order valence-electron chi connectivity index (χ0n) is 15.1. The van der Waals surface area contributed by atoms with Crippen LogP contribution in [0, 0.1) is 0 Å². The second-order valence-corrected chi connectivity index (χ2v) is 8.96. The Balaban J connectivity index is 1.49. The molecular formula is C20H21Cl2NO3S. The Morgan fingerprint density at radius 2 is 2.07 bits per heavy atom. The van der Waals surface area contributed by atoms with Crippen molar-refractivity contribution in [3.8, 4) is 0 Å². The van der Waals surface area contributed by atoms with Crippen LogP contribution in [0.1, 0.15) is 38.5 Å². The maximum absolute atomic E-state index is 11.9. The van der Waals surface area contributed by atoms with Crippen molar-refractivity contribution in [1.82, 2.24) is 4.90 Å². The van der Waals surface area contributed by atoms with E-state index in [1.165, 1.54) is 28.9 Å². The number of benzene rings is 1. The topological polar surface area (TPSA) is 38.8 Å². The van der Waals surface area contributed by atoms with E-state index in [9.17, 15) is 4.79 Å². The Morgan fingerprint density at radius 1 is 1.30 bits per heavy atom. The van der Waals surface area contributed by atoms with Crippen LogP contribution in [0.15, 0.2) is 24.3 Å². The summed E-state index contributed by atoms with van der Waals surface area (Å²) in [5.41, 5.74) is 2.05. The fourth-order valence-corrected chi connectivity index (χ4v) is 5.75. The molecule has 0 aliphatic carbocycles. The van der Waals surface area contributed by atoms with E-state index in [2.05, 4.69) is 4.90 Å². The van der Waals surface area contributed by atoms with E-state index in [4.69, 9.17) is 32.7 Å². The molecule has 4 rings (SSSR count). The minimum absolute atomic E-state index is 0.264. The monoisotopic (exact) mass is 425 g/mol. The predicted molar refractivity (Wildman–Crippen MR) is 108 cm³/mol. The van der Waals surface area contributed by atoms with Crippen molar-refractivity contribution in [2.75, 3.05) is 26.8 Å². The van der Waals surface area contributed by atoms with Gasteiger partial charge >= 0.3 is 5.97 Å². The first-order chi connectivity index (χ1) is 13.0. The molecule has 144 valence electrons. The third-order valence-corrected chi connectivity index (χ3v) is 7.36. The van der Waals surface area contributed by atoms with Crippen molar-refractivity contribution in [1.29, 1.82) is 0 Å². The summed E-state index contributed by atoms with van der Waals surface area (Å²) in [6.45, 7) is 3.35. The molecule has 0 N–H and O–H groups in total. The smallest absolute Gasteiger partial charge is 0.348 e. The highest BCUT2D eigenvalue weighted by atomic mass is 35.5. The molecule has 4 nitrogen and oxygen atoms in total. The van der Waals surface area contributed by atoms with Gasteiger partial charge in [0.05, 0.1) is 13.7 Å². The van der Waals surface area contributed by atoms with Gasteiger partial charge in [0.2, 0.25) is 0 Å².